The first-order valence-corrected chi connectivity index (χ1v) is 8.17. The molecule has 1 aliphatic rings. The van der Waals surface area contributed by atoms with E-state index in [1.165, 1.54) is 29.8 Å². The molecule has 118 valence electrons. The molecule has 0 bridgehead atoms. The van der Waals surface area contributed by atoms with Gasteiger partial charge in [0, 0.05) is 17.0 Å². The molecule has 0 spiro atoms. The van der Waals surface area contributed by atoms with Crippen molar-refractivity contribution in [1.29, 1.82) is 0 Å². The summed E-state index contributed by atoms with van der Waals surface area (Å²) in [5.74, 6) is -0.109. The lowest BCUT2D eigenvalue weighted by Gasteiger charge is -2.03. The first-order chi connectivity index (χ1) is 10.3. The minimum Gasteiger partial charge on any atom is -0.326 e. The van der Waals surface area contributed by atoms with Crippen LogP contribution in [-0.2, 0) is 19.4 Å². The number of hydrogen-bond donors (Lipinski definition) is 2. The van der Waals surface area contributed by atoms with Gasteiger partial charge in [0.1, 0.15) is 0 Å². The second-order valence-corrected chi connectivity index (χ2v) is 6.39. The predicted molar refractivity (Wildman–Crippen MR) is 92.9 cm³/mol. The van der Waals surface area contributed by atoms with Crippen molar-refractivity contribution in [2.45, 2.75) is 38.6 Å². The number of halogens is 1. The second-order valence-electron chi connectivity index (χ2n) is 5.30. The molecule has 1 aromatic heterocycles. The van der Waals surface area contributed by atoms with Crippen LogP contribution in [0.25, 0.3) is 0 Å². The van der Waals surface area contributed by atoms with Crippen LogP contribution in [0.2, 0.25) is 0 Å². The molecule has 1 aliphatic carbocycles. The zero-order valence-electron chi connectivity index (χ0n) is 12.3. The average molecular weight is 338 g/mol. The van der Waals surface area contributed by atoms with Gasteiger partial charge in [-0.2, -0.15) is 0 Å². The number of carbonyl (C=O) groups is 1. The largest absolute Gasteiger partial charge is 0.326 e. The Morgan fingerprint density at radius 1 is 1.18 bits per heavy atom. The number of nitrogens with one attached hydrogen (secondary N) is 1. The summed E-state index contributed by atoms with van der Waals surface area (Å²) in [7, 11) is 0. The summed E-state index contributed by atoms with van der Waals surface area (Å²) in [6.45, 7) is 0.487. The van der Waals surface area contributed by atoms with Crippen LogP contribution in [-0.4, -0.2) is 10.9 Å². The molecule has 4 nitrogen and oxygen atoms in total. The highest BCUT2D eigenvalue weighted by molar-refractivity contribution is 7.15. The fourth-order valence-corrected chi connectivity index (χ4v) is 3.59. The SMILES string of the molecule is Cl.NCc1ccc(C(=O)Nc2nc3c(s2)CCCCC3)cc1. The maximum Gasteiger partial charge on any atom is 0.257 e. The van der Waals surface area contributed by atoms with E-state index in [-0.39, 0.29) is 18.3 Å². The summed E-state index contributed by atoms with van der Waals surface area (Å²) in [4.78, 5) is 18.1. The van der Waals surface area contributed by atoms with Crippen LogP contribution >= 0.6 is 23.7 Å². The van der Waals surface area contributed by atoms with Gasteiger partial charge in [-0.25, -0.2) is 4.98 Å². The van der Waals surface area contributed by atoms with Crippen LogP contribution < -0.4 is 11.1 Å². The normalized spacial score (nSPS) is 13.7. The molecule has 2 aromatic rings. The first-order valence-electron chi connectivity index (χ1n) is 7.35. The van der Waals surface area contributed by atoms with Gasteiger partial charge in [-0.1, -0.05) is 18.6 Å². The van der Waals surface area contributed by atoms with E-state index in [0.29, 0.717) is 12.1 Å². The fraction of sp³-hybridized carbons (Fsp3) is 0.375. The molecule has 3 N–H and O–H groups in total. The van der Waals surface area contributed by atoms with Gasteiger partial charge in [0.25, 0.3) is 5.91 Å². The third-order valence-corrected chi connectivity index (χ3v) is 4.84. The maximum atomic E-state index is 12.2. The molecule has 6 heteroatoms. The zero-order chi connectivity index (χ0) is 14.7. The minimum atomic E-state index is -0.109. The van der Waals surface area contributed by atoms with E-state index in [2.05, 4.69) is 10.3 Å². The summed E-state index contributed by atoms with van der Waals surface area (Å²) in [5, 5.41) is 3.63. The highest BCUT2D eigenvalue weighted by Gasteiger charge is 2.15. The Morgan fingerprint density at radius 3 is 2.64 bits per heavy atom. The molecule has 0 radical (unpaired) electrons. The van der Waals surface area contributed by atoms with E-state index in [1.54, 1.807) is 23.5 Å². The van der Waals surface area contributed by atoms with Crippen molar-refractivity contribution < 1.29 is 4.79 Å². The molecular formula is C16H20ClN3OS. The lowest BCUT2D eigenvalue weighted by atomic mass is 10.1. The van der Waals surface area contributed by atoms with E-state index in [0.717, 1.165) is 23.5 Å². The van der Waals surface area contributed by atoms with E-state index in [1.807, 2.05) is 12.1 Å². The van der Waals surface area contributed by atoms with Gasteiger partial charge >= 0.3 is 0 Å². The smallest absolute Gasteiger partial charge is 0.257 e. The van der Waals surface area contributed by atoms with Gasteiger partial charge in [-0.05, 0) is 43.4 Å². The first kappa shape index (κ1) is 16.9. The van der Waals surface area contributed by atoms with E-state index >= 15 is 0 Å². The Bertz CT molecular complexity index is 616. The van der Waals surface area contributed by atoms with E-state index < -0.39 is 0 Å². The van der Waals surface area contributed by atoms with Gasteiger partial charge in [0.15, 0.2) is 5.13 Å². The number of nitrogens with zero attached hydrogens (tertiary/aromatic N) is 1. The average Bonchev–Trinajstić information content (AvgIpc) is 2.76. The zero-order valence-corrected chi connectivity index (χ0v) is 13.9. The third kappa shape index (κ3) is 3.85. The Morgan fingerprint density at radius 2 is 1.91 bits per heavy atom. The molecule has 0 saturated carbocycles. The highest BCUT2D eigenvalue weighted by atomic mass is 35.5. The Kier molecular flexibility index (Phi) is 5.94. The van der Waals surface area contributed by atoms with Gasteiger partial charge in [-0.3, -0.25) is 10.1 Å². The lowest BCUT2D eigenvalue weighted by molar-refractivity contribution is 0.102. The van der Waals surface area contributed by atoms with Gasteiger partial charge < -0.3 is 5.73 Å². The molecule has 22 heavy (non-hydrogen) atoms. The Hall–Kier alpha value is -1.43. The predicted octanol–water partition coefficient (Wildman–Crippen LogP) is 3.54. The number of aryl methyl sites for hydroxylation is 2. The van der Waals surface area contributed by atoms with Crippen molar-refractivity contribution >= 4 is 34.8 Å². The number of anilines is 1. The molecule has 0 saturated heterocycles. The van der Waals surface area contributed by atoms with Crippen molar-refractivity contribution in [2.75, 3.05) is 5.32 Å². The van der Waals surface area contributed by atoms with Crippen LogP contribution in [0.15, 0.2) is 24.3 Å². The van der Waals surface area contributed by atoms with Crippen molar-refractivity contribution in [1.82, 2.24) is 4.98 Å². The fourth-order valence-electron chi connectivity index (χ4n) is 2.54. The lowest BCUT2D eigenvalue weighted by Crippen LogP contribution is -2.12. The highest BCUT2D eigenvalue weighted by Crippen LogP contribution is 2.29. The number of rotatable bonds is 3. The second kappa shape index (κ2) is 7.72. The topological polar surface area (TPSA) is 68.0 Å². The molecule has 0 atom stereocenters. The summed E-state index contributed by atoms with van der Waals surface area (Å²) in [5.41, 5.74) is 8.39. The van der Waals surface area contributed by atoms with E-state index in [9.17, 15) is 4.79 Å². The molecule has 3 rings (SSSR count). The summed E-state index contributed by atoms with van der Waals surface area (Å²) in [6, 6.07) is 7.37. The van der Waals surface area contributed by atoms with Crippen molar-refractivity contribution in [3.05, 3.63) is 46.0 Å². The monoisotopic (exact) mass is 337 g/mol. The maximum absolute atomic E-state index is 12.2. The van der Waals surface area contributed by atoms with Crippen molar-refractivity contribution in [3.63, 3.8) is 0 Å². The number of benzene rings is 1. The standard InChI is InChI=1S/C16H19N3OS.ClH/c17-10-11-6-8-12(9-7-11)15(20)19-16-18-13-4-2-1-3-5-14(13)21-16;/h6-9H,1-5,10,17H2,(H,18,19,20);1H. The Balaban J connectivity index is 0.00000176. The van der Waals surface area contributed by atoms with Crippen LogP contribution in [0, 0.1) is 0 Å². The number of thiazole rings is 1. The van der Waals surface area contributed by atoms with Gasteiger partial charge in [0.2, 0.25) is 0 Å². The molecule has 1 amide bonds. The van der Waals surface area contributed by atoms with Gasteiger partial charge in [-0.15, -0.1) is 23.7 Å². The number of fused-ring (bicyclic) bond motifs is 1. The number of carbonyl (C=O) groups excluding carboxylic acids is 1. The number of hydrogen-bond acceptors (Lipinski definition) is 4. The van der Waals surface area contributed by atoms with Gasteiger partial charge in [0.05, 0.1) is 5.69 Å². The minimum absolute atomic E-state index is 0. The van der Waals surface area contributed by atoms with Crippen LogP contribution in [0.3, 0.4) is 0 Å². The van der Waals surface area contributed by atoms with Crippen molar-refractivity contribution in [3.8, 4) is 0 Å². The number of aromatic nitrogens is 1. The van der Waals surface area contributed by atoms with Crippen molar-refractivity contribution in [2.24, 2.45) is 5.73 Å². The molecular weight excluding hydrogens is 318 g/mol. The molecule has 0 unspecified atom stereocenters. The van der Waals surface area contributed by atoms with E-state index in [4.69, 9.17) is 5.73 Å². The summed E-state index contributed by atoms with van der Waals surface area (Å²) >= 11 is 1.62. The molecule has 0 fully saturated rings. The quantitative estimate of drug-likeness (QED) is 0.842. The Labute approximate surface area is 140 Å². The number of amides is 1. The number of nitrogens with two attached hydrogens (primary N) is 1. The van der Waals surface area contributed by atoms with Crippen LogP contribution in [0.4, 0.5) is 5.13 Å². The molecule has 1 heterocycles. The summed E-state index contributed by atoms with van der Waals surface area (Å²) in [6.07, 6.45) is 5.83. The molecule has 1 aromatic carbocycles. The van der Waals surface area contributed by atoms with Crippen LogP contribution in [0.5, 0.6) is 0 Å². The van der Waals surface area contributed by atoms with Crippen LogP contribution in [0.1, 0.15) is 45.8 Å². The molecule has 0 aliphatic heterocycles. The third-order valence-electron chi connectivity index (χ3n) is 3.77. The summed E-state index contributed by atoms with van der Waals surface area (Å²) < 4.78 is 0.